The molecule has 0 atom stereocenters. The minimum absolute atomic E-state index is 0.139. The van der Waals surface area contributed by atoms with Gasteiger partial charge in [-0.2, -0.15) is 0 Å². The molecule has 2 rings (SSSR count). The van der Waals surface area contributed by atoms with E-state index >= 15 is 0 Å². The van der Waals surface area contributed by atoms with Gasteiger partial charge >= 0.3 is 0 Å². The first-order chi connectivity index (χ1) is 8.72. The molecule has 4 nitrogen and oxygen atoms in total. The van der Waals surface area contributed by atoms with E-state index in [1.807, 2.05) is 4.90 Å². The molecule has 1 fully saturated rings. The number of pyridine rings is 1. The molecule has 0 aromatic carbocycles. The number of aromatic nitrogens is 1. The average molecular weight is 251 g/mol. The molecular weight excluding hydrogens is 233 g/mol. The van der Waals surface area contributed by atoms with Crippen LogP contribution in [0.3, 0.4) is 0 Å². The van der Waals surface area contributed by atoms with Gasteiger partial charge in [0.15, 0.2) is 0 Å². The molecule has 1 aliphatic carbocycles. The summed E-state index contributed by atoms with van der Waals surface area (Å²) in [5, 5.41) is 0. The first-order valence-electron chi connectivity index (χ1n) is 6.34. The van der Waals surface area contributed by atoms with Crippen molar-refractivity contribution in [1.82, 2.24) is 9.88 Å². The van der Waals surface area contributed by atoms with Crippen molar-refractivity contribution in [1.29, 1.82) is 0 Å². The number of amides is 1. The van der Waals surface area contributed by atoms with Gasteiger partial charge in [0, 0.05) is 18.8 Å². The SMILES string of the molecule is NCCCN(C(=O)c1cncc(F)c1)C1CCC1. The third kappa shape index (κ3) is 2.85. The topological polar surface area (TPSA) is 59.2 Å². The molecule has 1 saturated carbocycles. The summed E-state index contributed by atoms with van der Waals surface area (Å²) >= 11 is 0. The number of carbonyl (C=O) groups is 1. The van der Waals surface area contributed by atoms with Crippen molar-refractivity contribution in [3.05, 3.63) is 29.8 Å². The second-order valence-electron chi connectivity index (χ2n) is 4.62. The van der Waals surface area contributed by atoms with Crippen LogP contribution in [-0.4, -0.2) is 34.9 Å². The van der Waals surface area contributed by atoms with Crippen molar-refractivity contribution < 1.29 is 9.18 Å². The fourth-order valence-corrected chi connectivity index (χ4v) is 2.10. The summed E-state index contributed by atoms with van der Waals surface area (Å²) in [6.45, 7) is 1.19. The summed E-state index contributed by atoms with van der Waals surface area (Å²) in [6.07, 6.45) is 6.49. The van der Waals surface area contributed by atoms with Gasteiger partial charge in [-0.15, -0.1) is 0 Å². The van der Waals surface area contributed by atoms with Gasteiger partial charge in [0.25, 0.3) is 5.91 Å². The Morgan fingerprint density at radius 2 is 2.28 bits per heavy atom. The molecular formula is C13H18FN3O. The van der Waals surface area contributed by atoms with E-state index < -0.39 is 5.82 Å². The number of rotatable bonds is 5. The molecule has 1 aromatic heterocycles. The predicted octanol–water partition coefficient (Wildman–Crippen LogP) is 1.56. The smallest absolute Gasteiger partial charge is 0.255 e. The minimum atomic E-state index is -0.478. The number of halogens is 1. The Morgan fingerprint density at radius 3 is 2.83 bits per heavy atom. The molecule has 1 aliphatic rings. The summed E-state index contributed by atoms with van der Waals surface area (Å²) in [6, 6.07) is 1.52. The highest BCUT2D eigenvalue weighted by Gasteiger charge is 2.29. The van der Waals surface area contributed by atoms with Gasteiger partial charge in [-0.1, -0.05) is 0 Å². The van der Waals surface area contributed by atoms with Crippen LogP contribution >= 0.6 is 0 Å². The zero-order valence-corrected chi connectivity index (χ0v) is 10.3. The highest BCUT2D eigenvalue weighted by molar-refractivity contribution is 5.94. The van der Waals surface area contributed by atoms with E-state index in [1.165, 1.54) is 12.3 Å². The zero-order valence-electron chi connectivity index (χ0n) is 10.3. The number of hydrogen-bond acceptors (Lipinski definition) is 3. The fraction of sp³-hybridized carbons (Fsp3) is 0.538. The van der Waals surface area contributed by atoms with Crippen LogP contribution in [0.1, 0.15) is 36.0 Å². The first-order valence-corrected chi connectivity index (χ1v) is 6.34. The first kappa shape index (κ1) is 13.0. The van der Waals surface area contributed by atoms with Crippen LogP contribution in [0.15, 0.2) is 18.5 Å². The largest absolute Gasteiger partial charge is 0.336 e. The van der Waals surface area contributed by atoms with E-state index in [0.717, 1.165) is 31.9 Å². The summed E-state index contributed by atoms with van der Waals surface area (Å²) in [5.74, 6) is -0.617. The minimum Gasteiger partial charge on any atom is -0.336 e. The Morgan fingerprint density at radius 1 is 1.50 bits per heavy atom. The molecule has 98 valence electrons. The lowest BCUT2D eigenvalue weighted by Crippen LogP contribution is -2.45. The van der Waals surface area contributed by atoms with Crippen LogP contribution < -0.4 is 5.73 Å². The second-order valence-corrected chi connectivity index (χ2v) is 4.62. The number of nitrogens with zero attached hydrogens (tertiary/aromatic N) is 2. The number of hydrogen-bond donors (Lipinski definition) is 1. The van der Waals surface area contributed by atoms with Crippen LogP contribution in [0.2, 0.25) is 0 Å². The van der Waals surface area contributed by atoms with Crippen LogP contribution in [-0.2, 0) is 0 Å². The van der Waals surface area contributed by atoms with Crippen molar-refractivity contribution in [2.75, 3.05) is 13.1 Å². The van der Waals surface area contributed by atoms with Gasteiger partial charge in [-0.3, -0.25) is 9.78 Å². The summed E-state index contributed by atoms with van der Waals surface area (Å²) < 4.78 is 13.1. The molecule has 0 spiro atoms. The molecule has 0 aliphatic heterocycles. The maximum atomic E-state index is 13.1. The summed E-state index contributed by atoms with van der Waals surface area (Å²) in [4.78, 5) is 17.9. The molecule has 0 saturated heterocycles. The highest BCUT2D eigenvalue weighted by atomic mass is 19.1. The van der Waals surface area contributed by atoms with Gasteiger partial charge in [0.1, 0.15) is 5.82 Å². The third-order valence-electron chi connectivity index (χ3n) is 3.33. The van der Waals surface area contributed by atoms with Crippen molar-refractivity contribution in [3.8, 4) is 0 Å². The highest BCUT2D eigenvalue weighted by Crippen LogP contribution is 2.26. The molecule has 1 aromatic rings. The molecule has 18 heavy (non-hydrogen) atoms. The lowest BCUT2D eigenvalue weighted by molar-refractivity contribution is 0.0577. The van der Waals surface area contributed by atoms with E-state index in [4.69, 9.17) is 5.73 Å². The van der Waals surface area contributed by atoms with Gasteiger partial charge in [-0.25, -0.2) is 4.39 Å². The van der Waals surface area contributed by atoms with Crippen molar-refractivity contribution in [2.45, 2.75) is 31.7 Å². The maximum absolute atomic E-state index is 13.1. The van der Waals surface area contributed by atoms with Gasteiger partial charge in [-0.05, 0) is 38.3 Å². The Balaban J connectivity index is 2.11. The lowest BCUT2D eigenvalue weighted by atomic mass is 9.91. The molecule has 5 heteroatoms. The molecule has 1 heterocycles. The van der Waals surface area contributed by atoms with E-state index in [1.54, 1.807) is 0 Å². The average Bonchev–Trinajstić information content (AvgIpc) is 2.31. The molecule has 1 amide bonds. The monoisotopic (exact) mass is 251 g/mol. The third-order valence-corrected chi connectivity index (χ3v) is 3.33. The molecule has 0 unspecified atom stereocenters. The second kappa shape index (κ2) is 5.91. The van der Waals surface area contributed by atoms with Crippen LogP contribution in [0.25, 0.3) is 0 Å². The normalized spacial score (nSPS) is 15.2. The van der Waals surface area contributed by atoms with Crippen molar-refractivity contribution >= 4 is 5.91 Å². The number of nitrogens with two attached hydrogens (primary N) is 1. The predicted molar refractivity (Wildman–Crippen MR) is 66.5 cm³/mol. The van der Waals surface area contributed by atoms with E-state index in [2.05, 4.69) is 4.98 Å². The van der Waals surface area contributed by atoms with Crippen LogP contribution in [0, 0.1) is 5.82 Å². The molecule has 2 N–H and O–H groups in total. The standard InChI is InChI=1S/C13H18FN3O/c14-11-7-10(8-16-9-11)13(18)17(6-2-5-15)12-3-1-4-12/h7-9,12H,1-6,15H2. The van der Waals surface area contributed by atoms with Gasteiger partial charge < -0.3 is 10.6 Å². The van der Waals surface area contributed by atoms with Crippen LogP contribution in [0.4, 0.5) is 4.39 Å². The van der Waals surface area contributed by atoms with E-state index in [9.17, 15) is 9.18 Å². The van der Waals surface area contributed by atoms with Gasteiger partial charge in [0.2, 0.25) is 0 Å². The van der Waals surface area contributed by atoms with Crippen molar-refractivity contribution in [3.63, 3.8) is 0 Å². The Bertz CT molecular complexity index is 420. The quantitative estimate of drug-likeness (QED) is 0.864. The van der Waals surface area contributed by atoms with Crippen molar-refractivity contribution in [2.24, 2.45) is 5.73 Å². The molecule has 0 radical (unpaired) electrons. The van der Waals surface area contributed by atoms with Gasteiger partial charge in [0.05, 0.1) is 11.8 Å². The number of carbonyl (C=O) groups excluding carboxylic acids is 1. The van der Waals surface area contributed by atoms with Crippen LogP contribution in [0.5, 0.6) is 0 Å². The van der Waals surface area contributed by atoms with E-state index in [0.29, 0.717) is 18.7 Å². The Labute approximate surface area is 106 Å². The van der Waals surface area contributed by atoms with E-state index in [-0.39, 0.29) is 11.9 Å². The summed E-state index contributed by atoms with van der Waals surface area (Å²) in [7, 11) is 0. The Hall–Kier alpha value is -1.49. The fourth-order valence-electron chi connectivity index (χ4n) is 2.10. The lowest BCUT2D eigenvalue weighted by Gasteiger charge is -2.37. The molecule has 0 bridgehead atoms. The Kier molecular flexibility index (Phi) is 4.25. The summed E-state index contributed by atoms with van der Waals surface area (Å²) in [5.41, 5.74) is 5.81. The zero-order chi connectivity index (χ0) is 13.0. The maximum Gasteiger partial charge on any atom is 0.255 e.